The third-order valence-corrected chi connectivity index (χ3v) is 5.90. The molecule has 0 atom stereocenters. The number of carbonyl (C=O) groups excluding carboxylic acids is 1. The third kappa shape index (κ3) is 5.05. The van der Waals surface area contributed by atoms with Crippen LogP contribution in [0.15, 0.2) is 23.1 Å². The Hall–Kier alpha value is -1.40. The second-order valence-electron chi connectivity index (χ2n) is 7.64. The predicted molar refractivity (Wildman–Crippen MR) is 95.6 cm³/mol. The summed E-state index contributed by atoms with van der Waals surface area (Å²) in [5.41, 5.74) is 0.629. The molecule has 1 aliphatic carbocycles. The van der Waals surface area contributed by atoms with Gasteiger partial charge in [-0.15, -0.1) is 0 Å². The number of benzene rings is 1. The Balaban J connectivity index is 2.23. The van der Waals surface area contributed by atoms with Crippen LogP contribution in [0.3, 0.4) is 0 Å². The Morgan fingerprint density at radius 2 is 1.75 bits per heavy atom. The fraction of sp³-hybridized carbons (Fsp3) is 0.611. The number of carbonyl (C=O) groups is 1. The highest BCUT2D eigenvalue weighted by Gasteiger charge is 2.24. The van der Waals surface area contributed by atoms with Crippen LogP contribution >= 0.6 is 0 Å². The molecule has 5 nitrogen and oxygen atoms in total. The third-order valence-electron chi connectivity index (χ3n) is 4.14. The largest absolute Gasteiger partial charge is 0.349 e. The van der Waals surface area contributed by atoms with Crippen LogP contribution in [0.1, 0.15) is 68.8 Å². The van der Waals surface area contributed by atoms with Crippen LogP contribution in [0, 0.1) is 6.92 Å². The van der Waals surface area contributed by atoms with E-state index in [1.165, 1.54) is 12.5 Å². The summed E-state index contributed by atoms with van der Waals surface area (Å²) in [6.07, 6.45) is 5.47. The summed E-state index contributed by atoms with van der Waals surface area (Å²) in [5, 5.41) is 3.05. The summed E-state index contributed by atoms with van der Waals surface area (Å²) < 4.78 is 27.6. The van der Waals surface area contributed by atoms with Crippen molar-refractivity contribution in [3.05, 3.63) is 29.3 Å². The van der Waals surface area contributed by atoms with Gasteiger partial charge in [0.1, 0.15) is 0 Å². The summed E-state index contributed by atoms with van der Waals surface area (Å²) in [6.45, 7) is 7.18. The average molecular weight is 353 g/mol. The van der Waals surface area contributed by atoms with Gasteiger partial charge in [0.05, 0.1) is 4.90 Å². The summed E-state index contributed by atoms with van der Waals surface area (Å²) in [5.74, 6) is -0.188. The van der Waals surface area contributed by atoms with E-state index in [0.29, 0.717) is 5.56 Å². The van der Waals surface area contributed by atoms with Crippen molar-refractivity contribution >= 4 is 15.9 Å². The van der Waals surface area contributed by atoms with E-state index in [2.05, 4.69) is 10.0 Å². The first kappa shape index (κ1) is 18.9. The van der Waals surface area contributed by atoms with E-state index in [9.17, 15) is 13.2 Å². The molecule has 2 N–H and O–H groups in total. The molecule has 0 aliphatic heterocycles. The number of rotatable bonds is 4. The summed E-state index contributed by atoms with van der Waals surface area (Å²) in [7, 11) is -3.65. The van der Waals surface area contributed by atoms with Gasteiger partial charge < -0.3 is 5.32 Å². The Morgan fingerprint density at radius 3 is 2.33 bits per heavy atom. The summed E-state index contributed by atoms with van der Waals surface area (Å²) in [4.78, 5) is 12.7. The predicted octanol–water partition coefficient (Wildman–Crippen LogP) is 3.13. The molecule has 1 amide bonds. The normalized spacial score (nSPS) is 16.8. The van der Waals surface area contributed by atoms with E-state index < -0.39 is 15.6 Å². The molecule has 1 aromatic rings. The molecule has 0 bridgehead atoms. The molecule has 0 heterocycles. The van der Waals surface area contributed by atoms with Gasteiger partial charge in [-0.2, -0.15) is 0 Å². The zero-order chi connectivity index (χ0) is 18.0. The number of amides is 1. The van der Waals surface area contributed by atoms with Crippen LogP contribution in [-0.4, -0.2) is 25.9 Å². The van der Waals surface area contributed by atoms with E-state index in [0.717, 1.165) is 31.2 Å². The van der Waals surface area contributed by atoms with Gasteiger partial charge in [0.2, 0.25) is 10.0 Å². The molecule has 134 valence electrons. The topological polar surface area (TPSA) is 75.3 Å². The SMILES string of the molecule is Cc1ccc(S(=O)(=O)NC(C)(C)C)cc1C(=O)NC1CCCCC1. The molecule has 1 aliphatic rings. The summed E-state index contributed by atoms with van der Waals surface area (Å²) in [6, 6.07) is 4.90. The molecular formula is C18H28N2O3S. The highest BCUT2D eigenvalue weighted by Crippen LogP contribution is 2.20. The molecular weight excluding hydrogens is 324 g/mol. The van der Waals surface area contributed by atoms with Crippen molar-refractivity contribution in [2.75, 3.05) is 0 Å². The van der Waals surface area contributed by atoms with Crippen LogP contribution in [0.2, 0.25) is 0 Å². The number of sulfonamides is 1. The van der Waals surface area contributed by atoms with Gasteiger partial charge in [-0.1, -0.05) is 25.3 Å². The zero-order valence-corrected chi connectivity index (χ0v) is 15.8. The molecule has 0 spiro atoms. The lowest BCUT2D eigenvalue weighted by Crippen LogP contribution is -2.40. The van der Waals surface area contributed by atoms with E-state index in [-0.39, 0.29) is 16.8 Å². The van der Waals surface area contributed by atoms with Gasteiger partial charge in [0.15, 0.2) is 0 Å². The van der Waals surface area contributed by atoms with Gasteiger partial charge in [-0.3, -0.25) is 4.79 Å². The molecule has 1 saturated carbocycles. The van der Waals surface area contributed by atoms with Crippen LogP contribution in [0.25, 0.3) is 0 Å². The van der Waals surface area contributed by atoms with E-state index >= 15 is 0 Å². The van der Waals surface area contributed by atoms with E-state index in [1.807, 2.05) is 6.92 Å². The Bertz CT molecular complexity index is 699. The minimum atomic E-state index is -3.65. The van der Waals surface area contributed by atoms with Crippen molar-refractivity contribution in [3.63, 3.8) is 0 Å². The van der Waals surface area contributed by atoms with Gasteiger partial charge >= 0.3 is 0 Å². The number of aryl methyl sites for hydroxylation is 1. The molecule has 24 heavy (non-hydrogen) atoms. The lowest BCUT2D eigenvalue weighted by atomic mass is 9.95. The smallest absolute Gasteiger partial charge is 0.251 e. The first-order valence-electron chi connectivity index (χ1n) is 8.54. The standard InChI is InChI=1S/C18H28N2O3S/c1-13-10-11-15(24(22,23)20-18(2,3)4)12-16(13)17(21)19-14-8-6-5-7-9-14/h10-12,14,20H,5-9H2,1-4H3,(H,19,21). The fourth-order valence-electron chi connectivity index (χ4n) is 2.98. The zero-order valence-electron chi connectivity index (χ0n) is 15.0. The van der Waals surface area contributed by atoms with Crippen LogP contribution in [0.4, 0.5) is 0 Å². The minimum absolute atomic E-state index is 0.122. The molecule has 0 saturated heterocycles. The Morgan fingerprint density at radius 1 is 1.12 bits per heavy atom. The molecule has 2 rings (SSSR count). The highest BCUT2D eigenvalue weighted by molar-refractivity contribution is 7.89. The van der Waals surface area contributed by atoms with Crippen molar-refractivity contribution in [2.24, 2.45) is 0 Å². The fourth-order valence-corrected chi connectivity index (χ4v) is 4.43. The highest BCUT2D eigenvalue weighted by atomic mass is 32.2. The minimum Gasteiger partial charge on any atom is -0.349 e. The maximum Gasteiger partial charge on any atom is 0.251 e. The monoisotopic (exact) mass is 352 g/mol. The maximum absolute atomic E-state index is 12.6. The average Bonchev–Trinajstić information content (AvgIpc) is 2.46. The Labute approximate surface area is 145 Å². The lowest BCUT2D eigenvalue weighted by molar-refractivity contribution is 0.0927. The first-order chi connectivity index (χ1) is 11.1. The number of hydrogen-bond donors (Lipinski definition) is 2. The van der Waals surface area contributed by atoms with Crippen LogP contribution in [0.5, 0.6) is 0 Å². The molecule has 1 fully saturated rings. The number of hydrogen-bond acceptors (Lipinski definition) is 3. The van der Waals surface area contributed by atoms with E-state index in [4.69, 9.17) is 0 Å². The summed E-state index contributed by atoms with van der Waals surface area (Å²) >= 11 is 0. The van der Waals surface area contributed by atoms with Crippen LogP contribution < -0.4 is 10.0 Å². The second-order valence-corrected chi connectivity index (χ2v) is 9.32. The van der Waals surface area contributed by atoms with Gasteiger partial charge in [0.25, 0.3) is 5.91 Å². The van der Waals surface area contributed by atoms with Gasteiger partial charge in [0, 0.05) is 17.1 Å². The second kappa shape index (κ2) is 7.23. The number of nitrogens with one attached hydrogen (secondary N) is 2. The van der Waals surface area contributed by atoms with Crippen molar-refractivity contribution in [2.45, 2.75) is 76.3 Å². The Kier molecular flexibility index (Phi) is 5.71. The molecule has 0 radical (unpaired) electrons. The quantitative estimate of drug-likeness (QED) is 0.874. The van der Waals surface area contributed by atoms with Gasteiger partial charge in [-0.25, -0.2) is 13.1 Å². The van der Waals surface area contributed by atoms with E-state index in [1.54, 1.807) is 32.9 Å². The van der Waals surface area contributed by atoms with Crippen molar-refractivity contribution < 1.29 is 13.2 Å². The first-order valence-corrected chi connectivity index (χ1v) is 10.0. The lowest BCUT2D eigenvalue weighted by Gasteiger charge is -2.23. The van der Waals surface area contributed by atoms with Crippen molar-refractivity contribution in [1.29, 1.82) is 0 Å². The molecule has 0 unspecified atom stereocenters. The molecule has 1 aromatic carbocycles. The maximum atomic E-state index is 12.6. The van der Waals surface area contributed by atoms with Crippen LogP contribution in [-0.2, 0) is 10.0 Å². The van der Waals surface area contributed by atoms with Crippen molar-refractivity contribution in [1.82, 2.24) is 10.0 Å². The molecule has 0 aromatic heterocycles. The molecule has 6 heteroatoms. The van der Waals surface area contributed by atoms with Gasteiger partial charge in [-0.05, 0) is 58.2 Å². The van der Waals surface area contributed by atoms with Crippen molar-refractivity contribution in [3.8, 4) is 0 Å².